The second kappa shape index (κ2) is 6.11. The van der Waals surface area contributed by atoms with Crippen molar-refractivity contribution in [3.8, 4) is 6.01 Å². The van der Waals surface area contributed by atoms with Crippen molar-refractivity contribution in [1.82, 2.24) is 19.5 Å². The molecule has 1 unspecified atom stereocenters. The van der Waals surface area contributed by atoms with Gasteiger partial charge < -0.3 is 14.2 Å². The van der Waals surface area contributed by atoms with Crippen molar-refractivity contribution in [1.29, 1.82) is 0 Å². The first-order valence-corrected chi connectivity index (χ1v) is 8.32. The molecular weight excluding hydrogens is 302 g/mol. The number of imidazole rings is 1. The molecule has 24 heavy (non-hydrogen) atoms. The smallest absolute Gasteiger partial charge is 0.316 e. The van der Waals surface area contributed by atoms with E-state index in [2.05, 4.69) is 38.6 Å². The zero-order chi connectivity index (χ0) is 16.5. The molecule has 6 heteroatoms. The summed E-state index contributed by atoms with van der Waals surface area (Å²) < 4.78 is 8.13. The third kappa shape index (κ3) is 2.79. The summed E-state index contributed by atoms with van der Waals surface area (Å²) in [7, 11) is 2.07. The quantitative estimate of drug-likeness (QED) is 0.742. The molecule has 0 N–H and O–H groups in total. The Labute approximate surface area is 141 Å². The van der Waals surface area contributed by atoms with Crippen LogP contribution in [0.1, 0.15) is 18.4 Å². The number of para-hydroxylation sites is 2. The summed E-state index contributed by atoms with van der Waals surface area (Å²) in [5.74, 6) is 0.995. The summed E-state index contributed by atoms with van der Waals surface area (Å²) in [4.78, 5) is 15.6. The maximum atomic E-state index is 5.98. The zero-order valence-corrected chi connectivity index (χ0v) is 14.0. The average molecular weight is 323 g/mol. The SMILES string of the molecule is Cc1cnc(OC2CCCN(c3nc4ccccc4n3C)C2)nc1. The van der Waals surface area contributed by atoms with E-state index >= 15 is 0 Å². The molecular formula is C18H21N5O. The van der Waals surface area contributed by atoms with Crippen LogP contribution in [0.2, 0.25) is 0 Å². The molecule has 1 aliphatic heterocycles. The van der Waals surface area contributed by atoms with Gasteiger partial charge in [0.05, 0.1) is 17.6 Å². The molecule has 0 amide bonds. The number of benzene rings is 1. The maximum Gasteiger partial charge on any atom is 0.316 e. The number of ether oxygens (including phenoxy) is 1. The standard InChI is InChI=1S/C18H21N5O/c1-13-10-19-17(20-11-13)24-14-6-5-9-23(12-14)18-21-15-7-3-4-8-16(15)22(18)2/h3-4,7-8,10-11,14H,5-6,9,12H2,1-2H3. The van der Waals surface area contributed by atoms with E-state index in [9.17, 15) is 0 Å². The fourth-order valence-electron chi connectivity index (χ4n) is 3.22. The van der Waals surface area contributed by atoms with Gasteiger partial charge in [-0.25, -0.2) is 15.0 Å². The number of anilines is 1. The Kier molecular flexibility index (Phi) is 3.80. The third-order valence-corrected chi connectivity index (χ3v) is 4.45. The second-order valence-corrected chi connectivity index (χ2v) is 6.33. The van der Waals surface area contributed by atoms with Gasteiger partial charge in [0.25, 0.3) is 0 Å². The minimum absolute atomic E-state index is 0.0845. The summed E-state index contributed by atoms with van der Waals surface area (Å²) in [6.45, 7) is 3.76. The van der Waals surface area contributed by atoms with E-state index in [1.165, 1.54) is 0 Å². The Morgan fingerprint density at radius 1 is 1.17 bits per heavy atom. The van der Waals surface area contributed by atoms with Crippen molar-refractivity contribution in [2.75, 3.05) is 18.0 Å². The lowest BCUT2D eigenvalue weighted by Crippen LogP contribution is -2.42. The van der Waals surface area contributed by atoms with Gasteiger partial charge in [-0.3, -0.25) is 0 Å². The topological polar surface area (TPSA) is 56.1 Å². The van der Waals surface area contributed by atoms with Gasteiger partial charge in [0.1, 0.15) is 6.10 Å². The average Bonchev–Trinajstić information content (AvgIpc) is 2.95. The van der Waals surface area contributed by atoms with Gasteiger partial charge >= 0.3 is 6.01 Å². The predicted molar refractivity (Wildman–Crippen MR) is 93.3 cm³/mol. The van der Waals surface area contributed by atoms with Crippen LogP contribution in [-0.4, -0.2) is 38.7 Å². The highest BCUT2D eigenvalue weighted by Gasteiger charge is 2.25. The van der Waals surface area contributed by atoms with Crippen molar-refractivity contribution >= 4 is 17.0 Å². The molecule has 2 aromatic heterocycles. The first-order valence-electron chi connectivity index (χ1n) is 8.32. The number of hydrogen-bond acceptors (Lipinski definition) is 5. The van der Waals surface area contributed by atoms with Crippen LogP contribution >= 0.6 is 0 Å². The molecule has 1 atom stereocenters. The van der Waals surface area contributed by atoms with E-state index in [0.717, 1.165) is 48.5 Å². The highest BCUT2D eigenvalue weighted by molar-refractivity contribution is 5.78. The molecule has 0 spiro atoms. The number of hydrogen-bond donors (Lipinski definition) is 0. The maximum absolute atomic E-state index is 5.98. The zero-order valence-electron chi connectivity index (χ0n) is 14.0. The van der Waals surface area contributed by atoms with E-state index in [0.29, 0.717) is 6.01 Å². The van der Waals surface area contributed by atoms with Crippen molar-refractivity contribution in [3.63, 3.8) is 0 Å². The Balaban J connectivity index is 1.53. The first kappa shape index (κ1) is 14.9. The van der Waals surface area contributed by atoms with E-state index in [-0.39, 0.29) is 6.10 Å². The first-order chi connectivity index (χ1) is 11.7. The summed E-state index contributed by atoms with van der Waals surface area (Å²) in [5.41, 5.74) is 3.21. The number of nitrogens with zero attached hydrogens (tertiary/aromatic N) is 5. The number of piperidine rings is 1. The summed E-state index contributed by atoms with van der Waals surface area (Å²) in [6.07, 6.45) is 5.74. The Bertz CT molecular complexity index is 842. The van der Waals surface area contributed by atoms with Crippen LogP contribution in [0.3, 0.4) is 0 Å². The molecule has 0 aliphatic carbocycles. The van der Waals surface area contributed by atoms with Crippen molar-refractivity contribution in [3.05, 3.63) is 42.2 Å². The van der Waals surface area contributed by atoms with Gasteiger partial charge in [0.15, 0.2) is 0 Å². The monoisotopic (exact) mass is 323 g/mol. The molecule has 124 valence electrons. The molecule has 0 bridgehead atoms. The van der Waals surface area contributed by atoms with Crippen LogP contribution in [0, 0.1) is 6.92 Å². The van der Waals surface area contributed by atoms with Crippen LogP contribution in [-0.2, 0) is 7.05 Å². The minimum atomic E-state index is 0.0845. The minimum Gasteiger partial charge on any atom is -0.458 e. The van der Waals surface area contributed by atoms with Crippen LogP contribution in [0.4, 0.5) is 5.95 Å². The number of fused-ring (bicyclic) bond motifs is 1. The molecule has 3 heterocycles. The van der Waals surface area contributed by atoms with Gasteiger partial charge in [-0.05, 0) is 37.5 Å². The second-order valence-electron chi connectivity index (χ2n) is 6.33. The summed E-state index contributed by atoms with van der Waals surface area (Å²) in [5, 5.41) is 0. The van der Waals surface area contributed by atoms with Gasteiger partial charge in [-0.1, -0.05) is 12.1 Å². The van der Waals surface area contributed by atoms with Crippen LogP contribution < -0.4 is 9.64 Å². The number of rotatable bonds is 3. The number of aromatic nitrogens is 4. The van der Waals surface area contributed by atoms with E-state index in [1.807, 2.05) is 19.1 Å². The third-order valence-electron chi connectivity index (χ3n) is 4.45. The van der Waals surface area contributed by atoms with Gasteiger partial charge in [0.2, 0.25) is 5.95 Å². The summed E-state index contributed by atoms with van der Waals surface area (Å²) >= 11 is 0. The highest BCUT2D eigenvalue weighted by Crippen LogP contribution is 2.25. The van der Waals surface area contributed by atoms with Crippen molar-refractivity contribution in [2.45, 2.75) is 25.9 Å². The fraction of sp³-hybridized carbons (Fsp3) is 0.389. The predicted octanol–water partition coefficient (Wildman–Crippen LogP) is 2.72. The molecule has 0 radical (unpaired) electrons. The Hall–Kier alpha value is -2.63. The van der Waals surface area contributed by atoms with Crippen LogP contribution in [0.15, 0.2) is 36.7 Å². The molecule has 1 saturated heterocycles. The molecule has 4 rings (SSSR count). The fourth-order valence-corrected chi connectivity index (χ4v) is 3.22. The van der Waals surface area contributed by atoms with E-state index < -0.39 is 0 Å². The van der Waals surface area contributed by atoms with Crippen LogP contribution in [0.25, 0.3) is 11.0 Å². The van der Waals surface area contributed by atoms with Gasteiger partial charge in [-0.2, -0.15) is 0 Å². The molecule has 0 saturated carbocycles. The summed E-state index contributed by atoms with van der Waals surface area (Å²) in [6, 6.07) is 8.68. The van der Waals surface area contributed by atoms with Crippen molar-refractivity contribution < 1.29 is 4.74 Å². The van der Waals surface area contributed by atoms with Gasteiger partial charge in [-0.15, -0.1) is 0 Å². The molecule has 1 aliphatic rings. The lowest BCUT2D eigenvalue weighted by Gasteiger charge is -2.32. The number of aryl methyl sites for hydroxylation is 2. The molecule has 1 fully saturated rings. The highest BCUT2D eigenvalue weighted by atomic mass is 16.5. The lowest BCUT2D eigenvalue weighted by atomic mass is 10.1. The largest absolute Gasteiger partial charge is 0.458 e. The Morgan fingerprint density at radius 3 is 2.75 bits per heavy atom. The van der Waals surface area contributed by atoms with Crippen LogP contribution in [0.5, 0.6) is 6.01 Å². The molecule has 3 aromatic rings. The van der Waals surface area contributed by atoms with E-state index in [1.54, 1.807) is 12.4 Å². The Morgan fingerprint density at radius 2 is 1.96 bits per heavy atom. The van der Waals surface area contributed by atoms with Crippen molar-refractivity contribution in [2.24, 2.45) is 7.05 Å². The van der Waals surface area contributed by atoms with E-state index in [4.69, 9.17) is 9.72 Å². The normalized spacial score (nSPS) is 18.1. The van der Waals surface area contributed by atoms with Gasteiger partial charge in [0, 0.05) is 26.0 Å². The molecule has 1 aromatic carbocycles. The molecule has 6 nitrogen and oxygen atoms in total. The lowest BCUT2D eigenvalue weighted by molar-refractivity contribution is 0.163.